The number of nitrogens with zero attached hydrogens (tertiary/aromatic N) is 5. The Morgan fingerprint density at radius 1 is 1.22 bits per heavy atom. The van der Waals surface area contributed by atoms with Gasteiger partial charge < -0.3 is 13.7 Å². The van der Waals surface area contributed by atoms with Crippen LogP contribution in [-0.2, 0) is 6.54 Å². The quantitative estimate of drug-likeness (QED) is 0.556. The summed E-state index contributed by atoms with van der Waals surface area (Å²) in [6.45, 7) is 1.79. The molecule has 134 valence electrons. The molecule has 1 amide bonds. The number of hydrogen-bond donors (Lipinski definition) is 0. The van der Waals surface area contributed by atoms with E-state index in [0.29, 0.717) is 17.7 Å². The molecule has 0 fully saturated rings. The van der Waals surface area contributed by atoms with Crippen LogP contribution in [0, 0.1) is 0 Å². The molecule has 3 aromatic heterocycles. The van der Waals surface area contributed by atoms with E-state index >= 15 is 0 Å². The van der Waals surface area contributed by atoms with Crippen LogP contribution in [0.4, 0.5) is 10.1 Å². The standard InChI is InChI=1S/C19H14FN5O2/c1-11(20)17-22-23-18(27-17)12-4-5-13-10-25(19(26)14(13)9-12)15-3-2-7-24-8-6-21-16(15)24/h2-9,11H,10H2,1H3. The monoisotopic (exact) mass is 363 g/mol. The van der Waals surface area contributed by atoms with Crippen LogP contribution in [0.2, 0.25) is 0 Å². The summed E-state index contributed by atoms with van der Waals surface area (Å²) in [5.41, 5.74) is 3.52. The number of carbonyl (C=O) groups excluding carboxylic acids is 1. The second kappa shape index (κ2) is 5.73. The summed E-state index contributed by atoms with van der Waals surface area (Å²) in [4.78, 5) is 19.1. The van der Waals surface area contributed by atoms with Crippen molar-refractivity contribution in [3.63, 3.8) is 0 Å². The number of hydrogen-bond acceptors (Lipinski definition) is 5. The molecular formula is C19H14FN5O2. The molecule has 0 bridgehead atoms. The number of rotatable bonds is 3. The number of alkyl halides is 1. The maximum Gasteiger partial charge on any atom is 0.259 e. The molecule has 1 unspecified atom stereocenters. The summed E-state index contributed by atoms with van der Waals surface area (Å²) in [6, 6.07) is 9.12. The lowest BCUT2D eigenvalue weighted by atomic mass is 10.1. The number of fused-ring (bicyclic) bond motifs is 2. The molecule has 5 rings (SSSR count). The molecule has 7 nitrogen and oxygen atoms in total. The Labute approximate surface area is 153 Å². The molecule has 1 atom stereocenters. The maximum absolute atomic E-state index is 13.3. The highest BCUT2D eigenvalue weighted by atomic mass is 19.1. The predicted molar refractivity (Wildman–Crippen MR) is 95.0 cm³/mol. The molecule has 8 heteroatoms. The first-order chi connectivity index (χ1) is 13.1. The van der Waals surface area contributed by atoms with Gasteiger partial charge in [0.25, 0.3) is 11.8 Å². The van der Waals surface area contributed by atoms with Gasteiger partial charge in [-0.15, -0.1) is 10.2 Å². The fraction of sp³-hybridized carbons (Fsp3) is 0.158. The van der Waals surface area contributed by atoms with E-state index in [2.05, 4.69) is 15.2 Å². The number of aromatic nitrogens is 4. The minimum atomic E-state index is -1.34. The summed E-state index contributed by atoms with van der Waals surface area (Å²) >= 11 is 0. The highest BCUT2D eigenvalue weighted by molar-refractivity contribution is 6.12. The first-order valence-electron chi connectivity index (χ1n) is 8.46. The van der Waals surface area contributed by atoms with Crippen LogP contribution in [0.3, 0.4) is 0 Å². The third-order valence-corrected chi connectivity index (χ3v) is 4.63. The van der Waals surface area contributed by atoms with Crippen LogP contribution in [0.15, 0.2) is 53.3 Å². The largest absolute Gasteiger partial charge is 0.418 e. The zero-order valence-electron chi connectivity index (χ0n) is 14.3. The third kappa shape index (κ3) is 2.41. The zero-order valence-corrected chi connectivity index (χ0v) is 14.3. The molecule has 1 aliphatic heterocycles. The van der Waals surface area contributed by atoms with Crippen molar-refractivity contribution in [2.75, 3.05) is 4.90 Å². The van der Waals surface area contributed by atoms with Crippen molar-refractivity contribution in [3.05, 3.63) is 65.9 Å². The lowest BCUT2D eigenvalue weighted by Gasteiger charge is -2.16. The average Bonchev–Trinajstić information content (AvgIpc) is 3.40. The van der Waals surface area contributed by atoms with Gasteiger partial charge in [-0.3, -0.25) is 4.79 Å². The Kier molecular flexibility index (Phi) is 3.33. The zero-order chi connectivity index (χ0) is 18.5. The van der Waals surface area contributed by atoms with Crippen molar-refractivity contribution < 1.29 is 13.6 Å². The Balaban J connectivity index is 1.53. The normalized spacial score (nSPS) is 14.7. The van der Waals surface area contributed by atoms with Gasteiger partial charge in [0.1, 0.15) is 0 Å². The van der Waals surface area contributed by atoms with Gasteiger partial charge >= 0.3 is 0 Å². The van der Waals surface area contributed by atoms with Crippen LogP contribution in [0.1, 0.15) is 34.9 Å². The Bertz CT molecular complexity index is 1180. The summed E-state index contributed by atoms with van der Waals surface area (Å²) in [5.74, 6) is -0.00936. The van der Waals surface area contributed by atoms with Crippen LogP contribution in [0.5, 0.6) is 0 Å². The van der Waals surface area contributed by atoms with E-state index in [1.54, 1.807) is 23.2 Å². The third-order valence-electron chi connectivity index (χ3n) is 4.63. The van der Waals surface area contributed by atoms with Gasteiger partial charge in [-0.1, -0.05) is 6.07 Å². The maximum atomic E-state index is 13.3. The first-order valence-corrected chi connectivity index (χ1v) is 8.46. The summed E-state index contributed by atoms with van der Waals surface area (Å²) in [5, 5.41) is 7.57. The van der Waals surface area contributed by atoms with Crippen molar-refractivity contribution in [3.8, 4) is 11.5 Å². The van der Waals surface area contributed by atoms with Crippen LogP contribution < -0.4 is 4.90 Å². The number of amides is 1. The van der Waals surface area contributed by atoms with E-state index < -0.39 is 6.17 Å². The van der Waals surface area contributed by atoms with Gasteiger partial charge in [-0.25, -0.2) is 9.37 Å². The van der Waals surface area contributed by atoms with Gasteiger partial charge in [0.05, 0.1) is 12.2 Å². The Morgan fingerprint density at radius 3 is 2.93 bits per heavy atom. The van der Waals surface area contributed by atoms with Crippen LogP contribution in [0.25, 0.3) is 17.1 Å². The van der Waals surface area contributed by atoms with Gasteiger partial charge in [-0.05, 0) is 36.8 Å². The second-order valence-electron chi connectivity index (χ2n) is 6.38. The molecule has 1 aliphatic rings. The molecule has 4 heterocycles. The molecule has 27 heavy (non-hydrogen) atoms. The Morgan fingerprint density at radius 2 is 2.11 bits per heavy atom. The number of anilines is 1. The fourth-order valence-corrected chi connectivity index (χ4v) is 3.28. The summed E-state index contributed by atoms with van der Waals surface area (Å²) in [6.07, 6.45) is 4.08. The van der Waals surface area contributed by atoms with Crippen molar-refractivity contribution in [2.24, 2.45) is 0 Å². The van der Waals surface area contributed by atoms with Crippen molar-refractivity contribution in [1.82, 2.24) is 19.6 Å². The minimum Gasteiger partial charge on any atom is -0.418 e. The first kappa shape index (κ1) is 15.7. The smallest absolute Gasteiger partial charge is 0.259 e. The number of halogens is 1. The van der Waals surface area contributed by atoms with Crippen molar-refractivity contribution in [1.29, 1.82) is 0 Å². The fourth-order valence-electron chi connectivity index (χ4n) is 3.28. The SMILES string of the molecule is CC(F)c1nnc(-c2ccc3c(c2)C(=O)N(c2cccn4ccnc24)C3)o1. The van der Waals surface area contributed by atoms with Crippen molar-refractivity contribution in [2.45, 2.75) is 19.6 Å². The highest BCUT2D eigenvalue weighted by Crippen LogP contribution is 2.33. The van der Waals surface area contributed by atoms with Gasteiger partial charge in [0.15, 0.2) is 11.8 Å². The van der Waals surface area contributed by atoms with Crippen molar-refractivity contribution >= 4 is 17.2 Å². The lowest BCUT2D eigenvalue weighted by molar-refractivity contribution is 0.0997. The van der Waals surface area contributed by atoms with Gasteiger partial charge in [-0.2, -0.15) is 0 Å². The van der Waals surface area contributed by atoms with Crippen LogP contribution >= 0.6 is 0 Å². The summed E-state index contributed by atoms with van der Waals surface area (Å²) < 4.78 is 20.5. The molecular weight excluding hydrogens is 349 g/mol. The van der Waals surface area contributed by atoms with E-state index in [0.717, 1.165) is 16.9 Å². The predicted octanol–water partition coefficient (Wildman–Crippen LogP) is 3.58. The lowest BCUT2D eigenvalue weighted by Crippen LogP contribution is -2.23. The number of pyridine rings is 1. The van der Waals surface area contributed by atoms with E-state index in [-0.39, 0.29) is 17.7 Å². The van der Waals surface area contributed by atoms with Gasteiger partial charge in [0.2, 0.25) is 5.89 Å². The van der Waals surface area contributed by atoms with E-state index in [1.165, 1.54) is 6.92 Å². The molecule has 0 radical (unpaired) electrons. The number of carbonyl (C=O) groups is 1. The topological polar surface area (TPSA) is 76.5 Å². The van der Waals surface area contributed by atoms with Gasteiger partial charge in [0, 0.05) is 29.7 Å². The van der Waals surface area contributed by atoms with E-state index in [9.17, 15) is 9.18 Å². The molecule has 0 spiro atoms. The minimum absolute atomic E-state index is 0.0792. The Hall–Kier alpha value is -3.55. The molecule has 4 aromatic rings. The summed E-state index contributed by atoms with van der Waals surface area (Å²) in [7, 11) is 0. The number of imidazole rings is 1. The van der Waals surface area contributed by atoms with E-state index in [1.807, 2.05) is 35.0 Å². The second-order valence-corrected chi connectivity index (χ2v) is 6.38. The van der Waals surface area contributed by atoms with Crippen LogP contribution in [-0.4, -0.2) is 25.5 Å². The van der Waals surface area contributed by atoms with E-state index in [4.69, 9.17) is 4.42 Å². The number of benzene rings is 1. The molecule has 0 saturated heterocycles. The molecule has 0 N–H and O–H groups in total. The molecule has 1 aromatic carbocycles. The molecule has 0 aliphatic carbocycles. The molecule has 0 saturated carbocycles. The highest BCUT2D eigenvalue weighted by Gasteiger charge is 2.30. The average molecular weight is 363 g/mol.